The normalized spacial score (nSPS) is 19.0. The highest BCUT2D eigenvalue weighted by Gasteiger charge is 2.30. The zero-order valence-corrected chi connectivity index (χ0v) is 15.1. The lowest BCUT2D eigenvalue weighted by Crippen LogP contribution is -2.47. The molecule has 0 aliphatic carbocycles. The van der Waals surface area contributed by atoms with Crippen molar-refractivity contribution in [3.05, 3.63) is 22.4 Å². The van der Waals surface area contributed by atoms with Crippen molar-refractivity contribution in [2.45, 2.75) is 45.2 Å². The molecule has 1 aromatic heterocycles. The van der Waals surface area contributed by atoms with Crippen molar-refractivity contribution >= 4 is 21.5 Å². The number of rotatable bonds is 7. The van der Waals surface area contributed by atoms with Crippen molar-refractivity contribution in [2.24, 2.45) is 5.92 Å². The second-order valence-electron chi connectivity index (χ2n) is 6.18. The van der Waals surface area contributed by atoms with Gasteiger partial charge in [-0.2, -0.15) is 17.4 Å². The van der Waals surface area contributed by atoms with E-state index in [4.69, 9.17) is 4.74 Å². The molecule has 2 heterocycles. The predicted octanol–water partition coefficient (Wildman–Crippen LogP) is 2.78. The Hall–Kier alpha value is -0.470. The Balaban J connectivity index is 2.09. The lowest BCUT2D eigenvalue weighted by atomic mass is 10.0. The lowest BCUT2D eigenvalue weighted by Gasteiger charge is -2.32. The monoisotopic (exact) mass is 346 g/mol. The van der Waals surface area contributed by atoms with Crippen LogP contribution in [0.25, 0.3) is 0 Å². The van der Waals surface area contributed by atoms with Crippen LogP contribution in [0.4, 0.5) is 0 Å². The van der Waals surface area contributed by atoms with Gasteiger partial charge in [-0.1, -0.05) is 19.9 Å². The van der Waals surface area contributed by atoms with Gasteiger partial charge in [0, 0.05) is 31.2 Å². The van der Waals surface area contributed by atoms with Gasteiger partial charge in [0.05, 0.1) is 6.04 Å². The van der Waals surface area contributed by atoms with Crippen molar-refractivity contribution in [1.82, 2.24) is 9.03 Å². The molecule has 22 heavy (non-hydrogen) atoms. The minimum atomic E-state index is -3.50. The van der Waals surface area contributed by atoms with Gasteiger partial charge in [0.2, 0.25) is 0 Å². The molecule has 0 amide bonds. The number of thiophene rings is 1. The third-order valence-electron chi connectivity index (χ3n) is 3.97. The van der Waals surface area contributed by atoms with E-state index < -0.39 is 10.2 Å². The van der Waals surface area contributed by atoms with Crippen molar-refractivity contribution in [1.29, 1.82) is 0 Å². The summed E-state index contributed by atoms with van der Waals surface area (Å²) in [6.07, 6.45) is 2.30. The molecule has 126 valence electrons. The maximum absolute atomic E-state index is 12.7. The van der Waals surface area contributed by atoms with Crippen LogP contribution in [0.5, 0.6) is 0 Å². The highest BCUT2D eigenvalue weighted by molar-refractivity contribution is 7.87. The van der Waals surface area contributed by atoms with Crippen molar-refractivity contribution in [3.8, 4) is 0 Å². The standard InChI is InChI=1S/C15H26N2O3S2/c1-12(2)11-14(15-5-4-10-21-15)16-22(18,19)17(3)13-6-8-20-9-7-13/h4-5,10,12-14,16H,6-9,11H2,1-3H3. The molecule has 1 saturated heterocycles. The van der Waals surface area contributed by atoms with Gasteiger partial charge in [-0.25, -0.2) is 0 Å². The Bertz CT molecular complexity index is 537. The van der Waals surface area contributed by atoms with E-state index in [1.54, 1.807) is 18.4 Å². The van der Waals surface area contributed by atoms with Gasteiger partial charge < -0.3 is 4.74 Å². The van der Waals surface area contributed by atoms with E-state index in [0.29, 0.717) is 19.1 Å². The van der Waals surface area contributed by atoms with Crippen LogP contribution in [-0.4, -0.2) is 39.0 Å². The Kier molecular flexibility index (Phi) is 6.40. The Morgan fingerprint density at radius 1 is 1.41 bits per heavy atom. The second-order valence-corrected chi connectivity index (χ2v) is 8.92. The molecule has 0 saturated carbocycles. The average molecular weight is 347 g/mol. The zero-order chi connectivity index (χ0) is 16.2. The first-order chi connectivity index (χ1) is 10.4. The Labute approximate surface area is 137 Å². The molecule has 2 rings (SSSR count). The van der Waals surface area contributed by atoms with E-state index in [1.807, 2.05) is 17.5 Å². The fraction of sp³-hybridized carbons (Fsp3) is 0.733. The van der Waals surface area contributed by atoms with Gasteiger partial charge in [-0.15, -0.1) is 11.3 Å². The van der Waals surface area contributed by atoms with E-state index in [9.17, 15) is 8.42 Å². The van der Waals surface area contributed by atoms with Gasteiger partial charge in [0.1, 0.15) is 0 Å². The fourth-order valence-corrected chi connectivity index (χ4v) is 4.91. The number of nitrogens with zero attached hydrogens (tertiary/aromatic N) is 1. The van der Waals surface area contributed by atoms with Crippen molar-refractivity contribution in [2.75, 3.05) is 20.3 Å². The molecule has 1 atom stereocenters. The van der Waals surface area contributed by atoms with Crippen LogP contribution >= 0.6 is 11.3 Å². The highest BCUT2D eigenvalue weighted by Crippen LogP contribution is 2.27. The van der Waals surface area contributed by atoms with Crippen molar-refractivity contribution < 1.29 is 13.2 Å². The number of ether oxygens (including phenoxy) is 1. The third kappa shape index (κ3) is 4.76. The van der Waals surface area contributed by atoms with E-state index >= 15 is 0 Å². The molecule has 0 bridgehead atoms. The summed E-state index contributed by atoms with van der Waals surface area (Å²) >= 11 is 1.60. The third-order valence-corrected chi connectivity index (χ3v) is 6.59. The maximum Gasteiger partial charge on any atom is 0.280 e. The maximum atomic E-state index is 12.7. The van der Waals surface area contributed by atoms with Crippen LogP contribution in [0.15, 0.2) is 17.5 Å². The summed E-state index contributed by atoms with van der Waals surface area (Å²) in [5.74, 6) is 0.420. The van der Waals surface area contributed by atoms with Crippen LogP contribution in [0.2, 0.25) is 0 Å². The minimum absolute atomic E-state index is 0.0225. The summed E-state index contributed by atoms with van der Waals surface area (Å²) in [7, 11) is -1.83. The Morgan fingerprint density at radius 2 is 2.09 bits per heavy atom. The van der Waals surface area contributed by atoms with E-state index in [1.165, 1.54) is 4.31 Å². The summed E-state index contributed by atoms with van der Waals surface area (Å²) in [5, 5.41) is 1.99. The van der Waals surface area contributed by atoms with Gasteiger partial charge in [-0.05, 0) is 36.6 Å². The van der Waals surface area contributed by atoms with E-state index in [2.05, 4.69) is 18.6 Å². The van der Waals surface area contributed by atoms with Gasteiger partial charge >= 0.3 is 0 Å². The molecule has 5 nitrogen and oxygen atoms in total. The van der Waals surface area contributed by atoms with Gasteiger partial charge in [0.25, 0.3) is 10.2 Å². The molecule has 7 heteroatoms. The minimum Gasteiger partial charge on any atom is -0.381 e. The quantitative estimate of drug-likeness (QED) is 0.826. The number of hydrogen-bond donors (Lipinski definition) is 1. The van der Waals surface area contributed by atoms with Crippen LogP contribution in [-0.2, 0) is 14.9 Å². The summed E-state index contributed by atoms with van der Waals surface area (Å²) in [5.41, 5.74) is 0. The van der Waals surface area contributed by atoms with Gasteiger partial charge in [0.15, 0.2) is 0 Å². The topological polar surface area (TPSA) is 58.6 Å². The molecule has 0 aromatic carbocycles. The van der Waals surface area contributed by atoms with Crippen molar-refractivity contribution in [3.63, 3.8) is 0 Å². The average Bonchev–Trinajstić information content (AvgIpc) is 3.00. The largest absolute Gasteiger partial charge is 0.381 e. The predicted molar refractivity (Wildman–Crippen MR) is 90.2 cm³/mol. The molecule has 1 N–H and O–H groups in total. The van der Waals surface area contributed by atoms with Gasteiger partial charge in [-0.3, -0.25) is 0 Å². The summed E-state index contributed by atoms with van der Waals surface area (Å²) in [6, 6.07) is 3.82. The zero-order valence-electron chi connectivity index (χ0n) is 13.5. The highest BCUT2D eigenvalue weighted by atomic mass is 32.2. The van der Waals surface area contributed by atoms with Crippen LogP contribution in [0.1, 0.15) is 44.0 Å². The molecule has 1 aliphatic heterocycles. The molecule has 1 unspecified atom stereocenters. The summed E-state index contributed by atoms with van der Waals surface area (Å²) in [4.78, 5) is 1.07. The molecule has 0 spiro atoms. The summed E-state index contributed by atoms with van der Waals surface area (Å²) in [6.45, 7) is 5.48. The number of nitrogens with one attached hydrogen (secondary N) is 1. The first kappa shape index (κ1) is 17.9. The molecule has 0 radical (unpaired) electrons. The molecule has 1 fully saturated rings. The number of hydrogen-bond acceptors (Lipinski definition) is 4. The second kappa shape index (κ2) is 7.88. The SMILES string of the molecule is CC(C)CC(NS(=O)(=O)N(C)C1CCOCC1)c1cccs1. The smallest absolute Gasteiger partial charge is 0.280 e. The van der Waals surface area contributed by atoms with Crippen LogP contribution in [0.3, 0.4) is 0 Å². The first-order valence-electron chi connectivity index (χ1n) is 7.76. The molecule has 1 aliphatic rings. The molecule has 1 aromatic rings. The molecular formula is C15H26N2O3S2. The van der Waals surface area contributed by atoms with Crippen LogP contribution in [0, 0.1) is 5.92 Å². The summed E-state index contributed by atoms with van der Waals surface area (Å²) < 4.78 is 35.1. The van der Waals surface area contributed by atoms with Crippen LogP contribution < -0.4 is 4.72 Å². The Morgan fingerprint density at radius 3 is 2.64 bits per heavy atom. The van der Waals surface area contributed by atoms with E-state index in [0.717, 1.165) is 24.1 Å². The molecular weight excluding hydrogens is 320 g/mol. The fourth-order valence-electron chi connectivity index (χ4n) is 2.69. The van der Waals surface area contributed by atoms with E-state index in [-0.39, 0.29) is 12.1 Å². The lowest BCUT2D eigenvalue weighted by molar-refractivity contribution is 0.0628. The first-order valence-corrected chi connectivity index (χ1v) is 10.1.